The van der Waals surface area contributed by atoms with Crippen LogP contribution in [0.1, 0.15) is 27.2 Å². The first-order valence-electron chi connectivity index (χ1n) is 12.6. The van der Waals surface area contributed by atoms with Gasteiger partial charge in [-0.3, -0.25) is 19.1 Å². The first kappa shape index (κ1) is 28.0. The summed E-state index contributed by atoms with van der Waals surface area (Å²) in [4.78, 5) is 35.6. The van der Waals surface area contributed by atoms with E-state index in [4.69, 9.17) is 14.2 Å². The van der Waals surface area contributed by atoms with Crippen LogP contribution in [0.15, 0.2) is 76.1 Å². The average molecular weight is 618 g/mol. The molecule has 0 aliphatic rings. The number of aromatic nitrogens is 3. The van der Waals surface area contributed by atoms with Gasteiger partial charge in [0.05, 0.1) is 25.3 Å². The standard InChI is InChI=1S/C31H25BrFN3O5/c1-17-27(31(38)36(18(2)28(17)32)20-8-6-5-7-9-20)23(37)15-19-10-11-24(21(33)14-19)41-25-12-13-34-22-16-26(39-3)30(40-4)35-29(22)25/h5-14,16H,15H2,1-4H3. The van der Waals surface area contributed by atoms with Crippen molar-refractivity contribution in [1.29, 1.82) is 0 Å². The predicted molar refractivity (Wildman–Crippen MR) is 156 cm³/mol. The third-order valence-corrected chi connectivity index (χ3v) is 7.84. The minimum absolute atomic E-state index is 0.0470. The highest BCUT2D eigenvalue weighted by Crippen LogP contribution is 2.35. The maximum Gasteiger partial charge on any atom is 0.266 e. The van der Waals surface area contributed by atoms with Gasteiger partial charge in [0.2, 0.25) is 0 Å². The molecule has 0 fully saturated rings. The van der Waals surface area contributed by atoms with E-state index in [9.17, 15) is 9.59 Å². The van der Waals surface area contributed by atoms with E-state index in [0.717, 1.165) is 0 Å². The van der Waals surface area contributed by atoms with Gasteiger partial charge in [0, 0.05) is 40.6 Å². The number of benzene rings is 2. The zero-order chi connectivity index (χ0) is 29.3. The molecule has 0 spiro atoms. The number of nitrogens with zero attached hydrogens (tertiary/aromatic N) is 3. The summed E-state index contributed by atoms with van der Waals surface area (Å²) in [5.74, 6) is -0.264. The van der Waals surface area contributed by atoms with Crippen molar-refractivity contribution in [1.82, 2.24) is 14.5 Å². The summed E-state index contributed by atoms with van der Waals surface area (Å²) in [6, 6.07) is 16.5. The zero-order valence-electron chi connectivity index (χ0n) is 22.7. The Morgan fingerprint density at radius 1 is 0.976 bits per heavy atom. The maximum absolute atomic E-state index is 15.2. The van der Waals surface area contributed by atoms with E-state index in [0.29, 0.717) is 43.8 Å². The molecule has 0 amide bonds. The Labute approximate surface area is 243 Å². The van der Waals surface area contributed by atoms with E-state index in [1.54, 1.807) is 37.3 Å². The van der Waals surface area contributed by atoms with Gasteiger partial charge in [-0.25, -0.2) is 9.37 Å². The van der Waals surface area contributed by atoms with E-state index >= 15 is 4.39 Å². The molecule has 2 aromatic carbocycles. The fourth-order valence-electron chi connectivity index (χ4n) is 4.64. The number of fused-ring (bicyclic) bond motifs is 1. The highest BCUT2D eigenvalue weighted by Gasteiger charge is 2.23. The third kappa shape index (κ3) is 5.30. The minimum atomic E-state index is -0.677. The SMILES string of the molecule is COc1cc2nccc(Oc3ccc(CC(=O)c4c(C)c(Br)c(C)n(-c5ccccc5)c4=O)cc3F)c2nc1OC. The molecule has 3 heterocycles. The summed E-state index contributed by atoms with van der Waals surface area (Å²) in [5.41, 5.74) is 2.71. The molecule has 5 rings (SSSR count). The van der Waals surface area contributed by atoms with Gasteiger partial charge in [0.15, 0.2) is 28.8 Å². The largest absolute Gasteiger partial charge is 0.491 e. The van der Waals surface area contributed by atoms with Crippen molar-refractivity contribution in [2.24, 2.45) is 0 Å². The molecule has 5 aromatic rings. The highest BCUT2D eigenvalue weighted by atomic mass is 79.9. The van der Waals surface area contributed by atoms with Crippen LogP contribution in [-0.4, -0.2) is 34.5 Å². The second-order valence-electron chi connectivity index (χ2n) is 9.22. The topological polar surface area (TPSA) is 92.5 Å². The lowest BCUT2D eigenvalue weighted by molar-refractivity contribution is 0.0990. The number of rotatable bonds is 8. The van der Waals surface area contributed by atoms with Gasteiger partial charge in [0.1, 0.15) is 5.52 Å². The first-order valence-corrected chi connectivity index (χ1v) is 13.4. The first-order chi connectivity index (χ1) is 19.7. The summed E-state index contributed by atoms with van der Waals surface area (Å²) in [7, 11) is 2.95. The third-order valence-electron chi connectivity index (χ3n) is 6.67. The molecule has 8 nitrogen and oxygen atoms in total. The number of pyridine rings is 3. The van der Waals surface area contributed by atoms with Gasteiger partial charge in [-0.05, 0) is 65.2 Å². The molecule has 0 saturated heterocycles. The van der Waals surface area contributed by atoms with Crippen LogP contribution in [0.25, 0.3) is 16.7 Å². The monoisotopic (exact) mass is 617 g/mol. The van der Waals surface area contributed by atoms with Crippen LogP contribution in [0, 0.1) is 19.7 Å². The number of carbonyl (C=O) groups is 1. The molecule has 0 N–H and O–H groups in total. The Bertz CT molecular complexity index is 1860. The molecule has 0 bridgehead atoms. The van der Waals surface area contributed by atoms with Gasteiger partial charge in [0.25, 0.3) is 11.4 Å². The Morgan fingerprint density at radius 2 is 1.73 bits per heavy atom. The van der Waals surface area contributed by atoms with Crippen molar-refractivity contribution >= 4 is 32.7 Å². The van der Waals surface area contributed by atoms with E-state index in [1.807, 2.05) is 25.1 Å². The molecule has 0 atom stereocenters. The van der Waals surface area contributed by atoms with Gasteiger partial charge in [-0.1, -0.05) is 24.3 Å². The summed E-state index contributed by atoms with van der Waals surface area (Å²) in [6.45, 7) is 3.53. The summed E-state index contributed by atoms with van der Waals surface area (Å²) in [5, 5.41) is 0. The van der Waals surface area contributed by atoms with Crippen molar-refractivity contribution < 1.29 is 23.4 Å². The number of carbonyl (C=O) groups excluding carboxylic acids is 1. The van der Waals surface area contributed by atoms with E-state index < -0.39 is 17.2 Å². The smallest absolute Gasteiger partial charge is 0.266 e. The molecule has 0 radical (unpaired) electrons. The Morgan fingerprint density at radius 3 is 2.41 bits per heavy atom. The Hall–Kier alpha value is -4.57. The lowest BCUT2D eigenvalue weighted by Crippen LogP contribution is -2.29. The molecule has 208 valence electrons. The highest BCUT2D eigenvalue weighted by molar-refractivity contribution is 9.10. The van der Waals surface area contributed by atoms with Crippen LogP contribution in [0.4, 0.5) is 4.39 Å². The molecule has 0 saturated carbocycles. The summed E-state index contributed by atoms with van der Waals surface area (Å²) >= 11 is 3.54. The molecule has 0 aliphatic heterocycles. The lowest BCUT2D eigenvalue weighted by Gasteiger charge is -2.17. The summed E-state index contributed by atoms with van der Waals surface area (Å²) < 4.78 is 33.8. The van der Waals surface area contributed by atoms with Crippen LogP contribution in [0.5, 0.6) is 23.1 Å². The molecular formula is C31H25BrFN3O5. The van der Waals surface area contributed by atoms with Crippen molar-refractivity contribution in [2.75, 3.05) is 14.2 Å². The number of methoxy groups -OCH3 is 2. The molecular weight excluding hydrogens is 593 g/mol. The number of ether oxygens (including phenoxy) is 3. The lowest BCUT2D eigenvalue weighted by atomic mass is 9.99. The van der Waals surface area contributed by atoms with Gasteiger partial charge in [-0.2, -0.15) is 0 Å². The van der Waals surface area contributed by atoms with Crippen LogP contribution in [0.3, 0.4) is 0 Å². The minimum Gasteiger partial charge on any atom is -0.491 e. The molecule has 41 heavy (non-hydrogen) atoms. The van der Waals surface area contributed by atoms with Crippen LogP contribution >= 0.6 is 15.9 Å². The van der Waals surface area contributed by atoms with Gasteiger partial charge >= 0.3 is 0 Å². The van der Waals surface area contributed by atoms with Crippen molar-refractivity contribution in [3.63, 3.8) is 0 Å². The van der Waals surface area contributed by atoms with Gasteiger partial charge < -0.3 is 14.2 Å². The number of Topliss-reactive ketones (excluding diaryl/α,β-unsaturated/α-hetero) is 1. The fraction of sp³-hybridized carbons (Fsp3) is 0.161. The van der Waals surface area contributed by atoms with E-state index in [2.05, 4.69) is 25.9 Å². The second-order valence-corrected chi connectivity index (χ2v) is 10.0. The number of ketones is 1. The van der Waals surface area contributed by atoms with Crippen LogP contribution < -0.4 is 19.8 Å². The Kier molecular flexibility index (Phi) is 7.85. The van der Waals surface area contributed by atoms with Crippen LogP contribution in [-0.2, 0) is 6.42 Å². The van der Waals surface area contributed by atoms with Crippen molar-refractivity contribution in [3.8, 4) is 28.8 Å². The van der Waals surface area contributed by atoms with E-state index in [-0.39, 0.29) is 29.4 Å². The maximum atomic E-state index is 15.2. The predicted octanol–water partition coefficient (Wildman–Crippen LogP) is 6.53. The molecule has 3 aromatic heterocycles. The summed E-state index contributed by atoms with van der Waals surface area (Å²) in [6.07, 6.45) is 1.34. The number of halogens is 2. The van der Waals surface area contributed by atoms with Crippen LogP contribution in [0.2, 0.25) is 0 Å². The molecule has 0 unspecified atom stereocenters. The zero-order valence-corrected chi connectivity index (χ0v) is 24.3. The molecule has 10 heteroatoms. The molecule has 0 aliphatic carbocycles. The number of hydrogen-bond acceptors (Lipinski definition) is 7. The second kappa shape index (κ2) is 11.5. The van der Waals surface area contributed by atoms with Crippen molar-refractivity contribution in [2.45, 2.75) is 20.3 Å². The quantitative estimate of drug-likeness (QED) is 0.183. The normalized spacial score (nSPS) is 11.0. The number of hydrogen-bond donors (Lipinski definition) is 0. The average Bonchev–Trinajstić information content (AvgIpc) is 2.97. The number of para-hydroxylation sites is 1. The van der Waals surface area contributed by atoms with E-state index in [1.165, 1.54) is 37.1 Å². The fourth-order valence-corrected chi connectivity index (χ4v) is 5.01. The Balaban J connectivity index is 1.45. The van der Waals surface area contributed by atoms with Gasteiger partial charge in [-0.15, -0.1) is 0 Å². The van der Waals surface area contributed by atoms with Crippen molar-refractivity contribution in [3.05, 3.63) is 110 Å².